The first kappa shape index (κ1) is 19.1. The Hall–Kier alpha value is -2.18. The summed E-state index contributed by atoms with van der Waals surface area (Å²) in [6, 6.07) is 14.4. The van der Waals surface area contributed by atoms with E-state index in [0.29, 0.717) is 6.42 Å². The van der Waals surface area contributed by atoms with E-state index in [1.165, 1.54) is 11.4 Å². The predicted molar refractivity (Wildman–Crippen MR) is 98.9 cm³/mol. The zero-order chi connectivity index (χ0) is 18.4. The van der Waals surface area contributed by atoms with Gasteiger partial charge in [0.2, 0.25) is 15.9 Å². The highest BCUT2D eigenvalue weighted by Gasteiger charge is 2.20. The van der Waals surface area contributed by atoms with Crippen molar-refractivity contribution in [2.75, 3.05) is 20.1 Å². The van der Waals surface area contributed by atoms with Crippen LogP contribution in [-0.4, -0.2) is 38.8 Å². The molecule has 0 heterocycles. The van der Waals surface area contributed by atoms with Gasteiger partial charge in [-0.15, -0.1) is 0 Å². The molecule has 2 aromatic carbocycles. The lowest BCUT2D eigenvalue weighted by atomic mass is 10.1. The fraction of sp³-hybridized carbons (Fsp3) is 0.316. The summed E-state index contributed by atoms with van der Waals surface area (Å²) in [6.07, 6.45) is 0.293. The van der Waals surface area contributed by atoms with Crippen LogP contribution in [0, 0.1) is 13.8 Å². The van der Waals surface area contributed by atoms with Crippen LogP contribution in [0.25, 0.3) is 0 Å². The molecule has 0 aliphatic carbocycles. The summed E-state index contributed by atoms with van der Waals surface area (Å²) in [6.45, 7) is 4.36. The van der Waals surface area contributed by atoms with Gasteiger partial charge in [0.15, 0.2) is 0 Å². The number of hydrogen-bond acceptors (Lipinski definition) is 3. The van der Waals surface area contributed by atoms with Gasteiger partial charge >= 0.3 is 0 Å². The smallest absolute Gasteiger partial charge is 0.242 e. The number of likely N-dealkylation sites (N-methyl/N-ethyl adjacent to an activating group) is 1. The van der Waals surface area contributed by atoms with Crippen molar-refractivity contribution in [3.63, 3.8) is 0 Å². The van der Waals surface area contributed by atoms with Crippen molar-refractivity contribution in [3.8, 4) is 0 Å². The number of sulfonamides is 1. The molecule has 0 radical (unpaired) electrons. The molecule has 6 heteroatoms. The van der Waals surface area contributed by atoms with Gasteiger partial charge in [0.25, 0.3) is 0 Å². The third kappa shape index (κ3) is 5.14. The Morgan fingerprint density at radius 2 is 1.68 bits per heavy atom. The van der Waals surface area contributed by atoms with Crippen LogP contribution in [0.2, 0.25) is 0 Å². The van der Waals surface area contributed by atoms with E-state index in [0.717, 1.165) is 16.7 Å². The summed E-state index contributed by atoms with van der Waals surface area (Å²) < 4.78 is 26.2. The summed E-state index contributed by atoms with van der Waals surface area (Å²) in [4.78, 5) is 12.3. The predicted octanol–water partition coefficient (Wildman–Crippen LogP) is 2.28. The molecule has 0 saturated carbocycles. The second kappa shape index (κ2) is 8.27. The molecule has 134 valence electrons. The lowest BCUT2D eigenvalue weighted by Gasteiger charge is -2.17. The molecular formula is C19H24N2O3S. The first-order valence-corrected chi connectivity index (χ1v) is 9.59. The van der Waals surface area contributed by atoms with E-state index in [2.05, 4.69) is 5.32 Å². The van der Waals surface area contributed by atoms with Crippen LogP contribution < -0.4 is 5.32 Å². The standard InChI is InChI=1S/C19H24N2O3S/c1-15-8-10-18(11-9-15)25(23,24)21(3)13-12-20-19(22)14-17-7-5-4-6-16(17)2/h4-11H,12-14H2,1-3H3,(H,20,22). The van der Waals surface area contributed by atoms with Gasteiger partial charge in [-0.25, -0.2) is 8.42 Å². The number of nitrogens with zero attached hydrogens (tertiary/aromatic N) is 1. The lowest BCUT2D eigenvalue weighted by molar-refractivity contribution is -0.120. The van der Waals surface area contributed by atoms with Gasteiger partial charge in [0.05, 0.1) is 11.3 Å². The summed E-state index contributed by atoms with van der Waals surface area (Å²) >= 11 is 0. The first-order chi connectivity index (χ1) is 11.8. The molecule has 1 N–H and O–H groups in total. The van der Waals surface area contributed by atoms with E-state index >= 15 is 0 Å². The first-order valence-electron chi connectivity index (χ1n) is 8.15. The molecule has 0 spiro atoms. The largest absolute Gasteiger partial charge is 0.354 e. The molecule has 0 aliphatic heterocycles. The molecule has 0 aliphatic rings. The Bertz CT molecular complexity index is 830. The number of aryl methyl sites for hydroxylation is 2. The maximum Gasteiger partial charge on any atom is 0.242 e. The number of amides is 1. The molecule has 25 heavy (non-hydrogen) atoms. The van der Waals surface area contributed by atoms with Crippen LogP contribution >= 0.6 is 0 Å². The lowest BCUT2D eigenvalue weighted by Crippen LogP contribution is -2.36. The normalized spacial score (nSPS) is 11.5. The molecule has 2 rings (SSSR count). The maximum absolute atomic E-state index is 12.5. The van der Waals surface area contributed by atoms with Crippen molar-refractivity contribution in [1.29, 1.82) is 0 Å². The van der Waals surface area contributed by atoms with E-state index in [4.69, 9.17) is 0 Å². The van der Waals surface area contributed by atoms with Crippen molar-refractivity contribution >= 4 is 15.9 Å². The van der Waals surface area contributed by atoms with E-state index in [-0.39, 0.29) is 23.9 Å². The van der Waals surface area contributed by atoms with Gasteiger partial charge in [0.1, 0.15) is 0 Å². The van der Waals surface area contributed by atoms with Crippen molar-refractivity contribution in [2.24, 2.45) is 0 Å². The van der Waals surface area contributed by atoms with E-state index < -0.39 is 10.0 Å². The van der Waals surface area contributed by atoms with Crippen LogP contribution in [0.4, 0.5) is 0 Å². The van der Waals surface area contributed by atoms with E-state index in [9.17, 15) is 13.2 Å². The van der Waals surface area contributed by atoms with E-state index in [1.54, 1.807) is 24.3 Å². The minimum Gasteiger partial charge on any atom is -0.354 e. The van der Waals surface area contributed by atoms with Gasteiger partial charge in [-0.2, -0.15) is 4.31 Å². The zero-order valence-corrected chi connectivity index (χ0v) is 15.6. The minimum absolute atomic E-state index is 0.115. The van der Waals surface area contributed by atoms with Crippen molar-refractivity contribution in [3.05, 3.63) is 65.2 Å². The SMILES string of the molecule is Cc1ccc(S(=O)(=O)N(C)CCNC(=O)Cc2ccccc2C)cc1. The van der Waals surface area contributed by atoms with Crippen LogP contribution in [-0.2, 0) is 21.2 Å². The highest BCUT2D eigenvalue weighted by Crippen LogP contribution is 2.14. The van der Waals surface area contributed by atoms with Gasteiger partial charge < -0.3 is 5.32 Å². The fourth-order valence-electron chi connectivity index (χ4n) is 2.41. The van der Waals surface area contributed by atoms with Crippen LogP contribution in [0.3, 0.4) is 0 Å². The maximum atomic E-state index is 12.5. The molecule has 0 fully saturated rings. The molecule has 5 nitrogen and oxygen atoms in total. The van der Waals surface area contributed by atoms with Crippen LogP contribution in [0.5, 0.6) is 0 Å². The van der Waals surface area contributed by atoms with Crippen LogP contribution in [0.1, 0.15) is 16.7 Å². The topological polar surface area (TPSA) is 66.5 Å². The fourth-order valence-corrected chi connectivity index (χ4v) is 3.58. The second-order valence-corrected chi connectivity index (χ2v) is 8.14. The zero-order valence-electron chi connectivity index (χ0n) is 14.8. The highest BCUT2D eigenvalue weighted by molar-refractivity contribution is 7.89. The summed E-state index contributed by atoms with van der Waals surface area (Å²) in [5, 5.41) is 2.78. The summed E-state index contributed by atoms with van der Waals surface area (Å²) in [5.74, 6) is -0.115. The van der Waals surface area contributed by atoms with Gasteiger partial charge in [0, 0.05) is 20.1 Å². The summed E-state index contributed by atoms with van der Waals surface area (Å²) in [5.41, 5.74) is 3.04. The van der Waals surface area contributed by atoms with Gasteiger partial charge in [-0.05, 0) is 37.1 Å². The average Bonchev–Trinajstić information content (AvgIpc) is 2.57. The molecule has 2 aromatic rings. The monoisotopic (exact) mass is 360 g/mol. The third-order valence-corrected chi connectivity index (χ3v) is 5.96. The number of carbonyl (C=O) groups is 1. The van der Waals surface area contributed by atoms with Gasteiger partial charge in [-0.1, -0.05) is 42.0 Å². The molecule has 0 bridgehead atoms. The van der Waals surface area contributed by atoms with Crippen molar-refractivity contribution in [1.82, 2.24) is 9.62 Å². The molecule has 1 amide bonds. The quantitative estimate of drug-likeness (QED) is 0.824. The minimum atomic E-state index is -3.54. The Morgan fingerprint density at radius 1 is 1.04 bits per heavy atom. The van der Waals surface area contributed by atoms with Crippen molar-refractivity contribution in [2.45, 2.75) is 25.2 Å². The average molecular weight is 360 g/mol. The van der Waals surface area contributed by atoms with Crippen molar-refractivity contribution < 1.29 is 13.2 Å². The number of rotatable bonds is 7. The number of benzene rings is 2. The Balaban J connectivity index is 1.87. The molecule has 0 unspecified atom stereocenters. The Labute approximate surface area is 149 Å². The Kier molecular flexibility index (Phi) is 6.33. The number of hydrogen-bond donors (Lipinski definition) is 1. The number of carbonyl (C=O) groups excluding carboxylic acids is 1. The van der Waals surface area contributed by atoms with Gasteiger partial charge in [-0.3, -0.25) is 4.79 Å². The number of nitrogens with one attached hydrogen (secondary N) is 1. The second-order valence-electron chi connectivity index (χ2n) is 6.09. The molecule has 0 aromatic heterocycles. The highest BCUT2D eigenvalue weighted by atomic mass is 32.2. The van der Waals surface area contributed by atoms with E-state index in [1.807, 2.05) is 38.1 Å². The molecule has 0 saturated heterocycles. The molecular weight excluding hydrogens is 336 g/mol. The Morgan fingerprint density at radius 3 is 2.32 bits per heavy atom. The summed E-state index contributed by atoms with van der Waals surface area (Å²) in [7, 11) is -2.02. The third-order valence-electron chi connectivity index (χ3n) is 4.09. The van der Waals surface area contributed by atoms with Crippen LogP contribution in [0.15, 0.2) is 53.4 Å². The molecule has 0 atom stereocenters.